The molecular formula is C24H19N3O5. The molecule has 0 fully saturated rings. The molecule has 0 unspecified atom stereocenters. The third kappa shape index (κ3) is 2.47. The quantitative estimate of drug-likeness (QED) is 0.415. The van der Waals surface area contributed by atoms with Crippen LogP contribution in [-0.2, 0) is 6.54 Å². The highest BCUT2D eigenvalue weighted by Crippen LogP contribution is 2.42. The van der Waals surface area contributed by atoms with E-state index >= 15 is 0 Å². The molecular weight excluding hydrogens is 410 g/mol. The zero-order valence-electron chi connectivity index (χ0n) is 17.4. The molecule has 0 amide bonds. The van der Waals surface area contributed by atoms with E-state index in [-0.39, 0.29) is 27.8 Å². The molecule has 32 heavy (non-hydrogen) atoms. The number of benzene rings is 3. The second kappa shape index (κ2) is 6.48. The van der Waals surface area contributed by atoms with Crippen LogP contribution >= 0.6 is 0 Å². The number of aromatic hydroxyl groups is 1. The van der Waals surface area contributed by atoms with Gasteiger partial charge in [0, 0.05) is 29.9 Å². The second-order valence-corrected chi connectivity index (χ2v) is 8.23. The maximum Gasteiger partial charge on any atom is 0.265 e. The van der Waals surface area contributed by atoms with Crippen LogP contribution in [0.4, 0.5) is 0 Å². The van der Waals surface area contributed by atoms with E-state index in [1.807, 2.05) is 31.1 Å². The van der Waals surface area contributed by atoms with E-state index in [9.17, 15) is 14.7 Å². The van der Waals surface area contributed by atoms with Crippen LogP contribution in [0, 0.1) is 0 Å². The van der Waals surface area contributed by atoms with Gasteiger partial charge >= 0.3 is 0 Å². The first-order chi connectivity index (χ1) is 15.4. The summed E-state index contributed by atoms with van der Waals surface area (Å²) in [5.41, 5.74) is 2.27. The van der Waals surface area contributed by atoms with Gasteiger partial charge in [0.15, 0.2) is 27.8 Å². The Morgan fingerprint density at radius 2 is 1.69 bits per heavy atom. The van der Waals surface area contributed by atoms with Gasteiger partial charge in [0.25, 0.3) is 5.56 Å². The number of hydrogen-bond donors (Lipinski definition) is 2. The van der Waals surface area contributed by atoms with Crippen molar-refractivity contribution < 1.29 is 13.9 Å². The van der Waals surface area contributed by atoms with Crippen molar-refractivity contribution in [1.29, 1.82) is 0 Å². The molecule has 8 nitrogen and oxygen atoms in total. The van der Waals surface area contributed by atoms with Crippen molar-refractivity contribution in [3.8, 4) is 5.88 Å². The predicted molar refractivity (Wildman–Crippen MR) is 124 cm³/mol. The topological polar surface area (TPSA) is 105 Å². The molecule has 0 radical (unpaired) electrons. The third-order valence-corrected chi connectivity index (χ3v) is 5.91. The normalized spacial score (nSPS) is 12.3. The van der Waals surface area contributed by atoms with E-state index in [4.69, 9.17) is 8.83 Å². The summed E-state index contributed by atoms with van der Waals surface area (Å²) in [6, 6.07) is 11.8. The number of hydrogen-bond acceptors (Lipinski definition) is 6. The number of nitrogens with one attached hydrogen (secondary N) is 1. The molecule has 0 atom stereocenters. The number of nitrogens with zero attached hydrogens (tertiary/aromatic N) is 2. The number of likely N-dealkylation sites (N-methyl/N-ethyl adjacent to an activating group) is 1. The SMILES string of the molecule is CN(C)CCn1c(O)c2c(c1=O)c1oc3ccccc3oc1c1[nH]c3cc(=O)ccc3c12. The van der Waals surface area contributed by atoms with E-state index in [2.05, 4.69) is 4.98 Å². The first kappa shape index (κ1) is 18.7. The number of H-pyrrole nitrogens is 1. The Balaban J connectivity index is 1.90. The lowest BCUT2D eigenvalue weighted by Gasteiger charge is -2.10. The molecule has 3 heterocycles. The highest BCUT2D eigenvalue weighted by molar-refractivity contribution is 6.30. The zero-order valence-corrected chi connectivity index (χ0v) is 17.4. The van der Waals surface area contributed by atoms with Crippen LogP contribution in [0.2, 0.25) is 0 Å². The van der Waals surface area contributed by atoms with Crippen molar-refractivity contribution in [2.24, 2.45) is 0 Å². The van der Waals surface area contributed by atoms with E-state index < -0.39 is 0 Å². The van der Waals surface area contributed by atoms with Crippen LogP contribution in [0.3, 0.4) is 0 Å². The molecule has 3 aromatic carbocycles. The monoisotopic (exact) mass is 429 g/mol. The molecule has 6 aromatic rings. The van der Waals surface area contributed by atoms with Crippen molar-refractivity contribution in [3.63, 3.8) is 0 Å². The Bertz CT molecular complexity index is 1820. The fourth-order valence-electron chi connectivity index (χ4n) is 4.41. The van der Waals surface area contributed by atoms with Gasteiger partial charge in [-0.2, -0.15) is 0 Å². The maximum atomic E-state index is 13.5. The maximum absolute atomic E-state index is 13.5. The molecule has 2 N–H and O–H groups in total. The number of rotatable bonds is 3. The average Bonchev–Trinajstić information content (AvgIpc) is 3.25. The van der Waals surface area contributed by atoms with Gasteiger partial charge in [-0.25, -0.2) is 0 Å². The average molecular weight is 429 g/mol. The van der Waals surface area contributed by atoms with Crippen molar-refractivity contribution in [2.45, 2.75) is 6.54 Å². The smallest absolute Gasteiger partial charge is 0.265 e. The molecule has 0 saturated carbocycles. The molecule has 0 aliphatic rings. The van der Waals surface area contributed by atoms with Crippen LogP contribution in [0.15, 0.2) is 60.9 Å². The summed E-state index contributed by atoms with van der Waals surface area (Å²) in [4.78, 5) is 30.6. The van der Waals surface area contributed by atoms with Crippen LogP contribution < -0.4 is 11.0 Å². The minimum atomic E-state index is -0.352. The van der Waals surface area contributed by atoms with Crippen LogP contribution in [-0.4, -0.2) is 40.2 Å². The van der Waals surface area contributed by atoms with E-state index in [1.165, 1.54) is 16.7 Å². The molecule has 0 bridgehead atoms. The molecule has 160 valence electrons. The molecule has 0 aliphatic heterocycles. The summed E-state index contributed by atoms with van der Waals surface area (Å²) >= 11 is 0. The van der Waals surface area contributed by atoms with Crippen molar-refractivity contribution in [3.05, 3.63) is 63.0 Å². The van der Waals surface area contributed by atoms with Crippen LogP contribution in [0.5, 0.6) is 5.88 Å². The van der Waals surface area contributed by atoms with Crippen molar-refractivity contribution in [2.75, 3.05) is 20.6 Å². The van der Waals surface area contributed by atoms with Gasteiger partial charge in [-0.05, 0) is 38.4 Å². The predicted octanol–water partition coefficient (Wildman–Crippen LogP) is 3.76. The standard InChI is InChI=1S/C24H19N3O5/c1-26(2)9-10-27-23(29)18-17-13-8-7-12(28)11-14(13)25-20(17)22-21(19(18)24(27)30)31-15-5-3-4-6-16(15)32-22/h3-8,11,25,29H,9-10H2,1-2H3. The number of fused-ring (bicyclic) bond motifs is 9. The van der Waals surface area contributed by atoms with E-state index in [0.717, 1.165) is 5.39 Å². The second-order valence-electron chi connectivity index (χ2n) is 8.23. The van der Waals surface area contributed by atoms with Crippen molar-refractivity contribution >= 4 is 54.9 Å². The highest BCUT2D eigenvalue weighted by Gasteiger charge is 2.26. The minimum Gasteiger partial charge on any atom is -0.494 e. The minimum absolute atomic E-state index is 0.130. The Labute approximate surface area is 179 Å². The highest BCUT2D eigenvalue weighted by atomic mass is 16.4. The summed E-state index contributed by atoms with van der Waals surface area (Å²) in [7, 11) is 3.80. The zero-order chi connectivity index (χ0) is 22.1. The van der Waals surface area contributed by atoms with Gasteiger partial charge in [0.1, 0.15) is 0 Å². The summed E-state index contributed by atoms with van der Waals surface area (Å²) in [6.07, 6.45) is 0. The summed E-state index contributed by atoms with van der Waals surface area (Å²) < 4.78 is 13.7. The largest absolute Gasteiger partial charge is 0.494 e. The van der Waals surface area contributed by atoms with Gasteiger partial charge < -0.3 is 23.8 Å². The van der Waals surface area contributed by atoms with Crippen molar-refractivity contribution in [1.82, 2.24) is 14.5 Å². The van der Waals surface area contributed by atoms with Gasteiger partial charge in [0.2, 0.25) is 5.88 Å². The first-order valence-corrected chi connectivity index (χ1v) is 10.2. The Kier molecular flexibility index (Phi) is 3.79. The molecule has 0 saturated heterocycles. The summed E-state index contributed by atoms with van der Waals surface area (Å²) in [5, 5.41) is 13.2. The van der Waals surface area contributed by atoms with Gasteiger partial charge in [-0.3, -0.25) is 14.2 Å². The fraction of sp³-hybridized carbons (Fsp3) is 0.167. The van der Waals surface area contributed by atoms with Gasteiger partial charge in [-0.15, -0.1) is 0 Å². The lowest BCUT2D eigenvalue weighted by atomic mass is 10.1. The van der Waals surface area contributed by atoms with Gasteiger partial charge in [-0.1, -0.05) is 12.1 Å². The molecule has 3 aromatic heterocycles. The lowest BCUT2D eigenvalue weighted by Crippen LogP contribution is -2.23. The number of para-hydroxylation sites is 2. The first-order valence-electron chi connectivity index (χ1n) is 10.2. The summed E-state index contributed by atoms with van der Waals surface area (Å²) in [5.74, 6) is -0.130. The van der Waals surface area contributed by atoms with Crippen LogP contribution in [0.25, 0.3) is 54.9 Å². The number of aromatic nitrogens is 2. The molecule has 8 heteroatoms. The molecule has 0 spiro atoms. The van der Waals surface area contributed by atoms with Gasteiger partial charge in [0.05, 0.1) is 21.8 Å². The fourth-order valence-corrected chi connectivity index (χ4v) is 4.41. The Hall–Kier alpha value is -4.04. The van der Waals surface area contributed by atoms with E-state index in [1.54, 1.807) is 18.2 Å². The Morgan fingerprint density at radius 3 is 2.41 bits per heavy atom. The number of aromatic amines is 1. The summed E-state index contributed by atoms with van der Waals surface area (Å²) in [6.45, 7) is 0.885. The lowest BCUT2D eigenvalue weighted by molar-refractivity contribution is 0.355. The van der Waals surface area contributed by atoms with E-state index in [0.29, 0.717) is 51.6 Å². The molecule has 6 rings (SSSR count). The Morgan fingerprint density at radius 1 is 0.969 bits per heavy atom. The van der Waals surface area contributed by atoms with Crippen LogP contribution in [0.1, 0.15) is 0 Å². The third-order valence-electron chi connectivity index (χ3n) is 5.91. The molecule has 0 aliphatic carbocycles.